The van der Waals surface area contributed by atoms with Gasteiger partial charge in [-0.15, -0.1) is 0 Å². The van der Waals surface area contributed by atoms with Crippen molar-refractivity contribution in [2.45, 2.75) is 12.5 Å². The first-order chi connectivity index (χ1) is 12.7. The second-order valence-electron chi connectivity index (χ2n) is 6.96. The minimum Gasteiger partial charge on any atom is -0.492 e. The van der Waals surface area contributed by atoms with Crippen molar-refractivity contribution >= 4 is 11.5 Å². The van der Waals surface area contributed by atoms with Crippen molar-refractivity contribution in [3.8, 4) is 16.9 Å². The molecule has 2 aromatic heterocycles. The second kappa shape index (κ2) is 5.95. The smallest absolute Gasteiger partial charge is 0.165 e. The molecule has 134 valence electrons. The maximum atomic E-state index is 14.5. The van der Waals surface area contributed by atoms with Crippen LogP contribution in [0.2, 0.25) is 0 Å². The third-order valence-electron chi connectivity index (χ3n) is 5.42. The van der Waals surface area contributed by atoms with Crippen LogP contribution in [0.3, 0.4) is 0 Å². The van der Waals surface area contributed by atoms with Gasteiger partial charge in [-0.25, -0.2) is 13.9 Å². The van der Waals surface area contributed by atoms with Crippen LogP contribution in [0.5, 0.6) is 5.75 Å². The molecular formula is C19H20FN5O. The number of ether oxygens (including phenoxy) is 1. The lowest BCUT2D eigenvalue weighted by Gasteiger charge is -2.26. The number of halogens is 1. The van der Waals surface area contributed by atoms with Gasteiger partial charge in [0.2, 0.25) is 0 Å². The van der Waals surface area contributed by atoms with Crippen LogP contribution in [0, 0.1) is 5.82 Å². The van der Waals surface area contributed by atoms with E-state index in [2.05, 4.69) is 21.9 Å². The van der Waals surface area contributed by atoms with Crippen LogP contribution in [0.25, 0.3) is 16.8 Å². The van der Waals surface area contributed by atoms with E-state index in [9.17, 15) is 4.39 Å². The standard InChI is InChI=1S/C19H20FN5O/c1-23-13-4-6-24(12-13)8-9-26-14-2-3-17(20)15(10-14)16-11-21-25-7-5-18(23)22-19(16)25/h2-3,5,7,10-11,13H,4,6,8-9,12H2,1H3/t13-/m1/s1. The average Bonchev–Trinajstić information content (AvgIpc) is 3.28. The van der Waals surface area contributed by atoms with Gasteiger partial charge in [-0.05, 0) is 30.7 Å². The van der Waals surface area contributed by atoms with Crippen molar-refractivity contribution in [1.29, 1.82) is 0 Å². The number of rotatable bonds is 0. The maximum absolute atomic E-state index is 14.5. The number of fused-ring (bicyclic) bond motifs is 6. The third kappa shape index (κ3) is 2.50. The summed E-state index contributed by atoms with van der Waals surface area (Å²) in [6.45, 7) is 3.50. The summed E-state index contributed by atoms with van der Waals surface area (Å²) in [6.07, 6.45) is 4.64. The van der Waals surface area contributed by atoms with Gasteiger partial charge >= 0.3 is 0 Å². The van der Waals surface area contributed by atoms with Crippen molar-refractivity contribution in [2.75, 3.05) is 38.2 Å². The average molecular weight is 353 g/mol. The number of hydrogen-bond donors (Lipinski definition) is 0. The number of benzene rings is 1. The molecule has 2 aliphatic rings. The van der Waals surface area contributed by atoms with E-state index in [-0.39, 0.29) is 5.82 Å². The molecule has 5 rings (SSSR count). The normalized spacial score (nSPS) is 22.5. The van der Waals surface area contributed by atoms with E-state index in [1.165, 1.54) is 6.07 Å². The van der Waals surface area contributed by atoms with Crippen molar-refractivity contribution in [3.63, 3.8) is 0 Å². The van der Waals surface area contributed by atoms with E-state index in [1.807, 2.05) is 12.3 Å². The first-order valence-corrected chi connectivity index (χ1v) is 8.91. The molecule has 1 saturated heterocycles. The first kappa shape index (κ1) is 15.6. The second-order valence-corrected chi connectivity index (χ2v) is 6.96. The Morgan fingerprint density at radius 1 is 1.19 bits per heavy atom. The summed E-state index contributed by atoms with van der Waals surface area (Å²) >= 11 is 0. The Hall–Kier alpha value is -2.67. The summed E-state index contributed by atoms with van der Waals surface area (Å²) in [5.41, 5.74) is 1.79. The van der Waals surface area contributed by atoms with Crippen LogP contribution in [-0.4, -0.2) is 58.8 Å². The maximum Gasteiger partial charge on any atom is 0.165 e. The fraction of sp³-hybridized carbons (Fsp3) is 0.368. The fourth-order valence-electron chi connectivity index (χ4n) is 3.86. The van der Waals surface area contributed by atoms with Gasteiger partial charge < -0.3 is 9.64 Å². The summed E-state index contributed by atoms with van der Waals surface area (Å²) < 4.78 is 22.1. The van der Waals surface area contributed by atoms with E-state index in [1.54, 1.807) is 22.8 Å². The highest BCUT2D eigenvalue weighted by Crippen LogP contribution is 2.31. The predicted octanol–water partition coefficient (Wildman–Crippen LogP) is 2.44. The van der Waals surface area contributed by atoms with Gasteiger partial charge in [0.15, 0.2) is 5.65 Å². The zero-order valence-electron chi connectivity index (χ0n) is 14.6. The molecule has 6 nitrogen and oxygen atoms in total. The molecule has 6 bridgehead atoms. The largest absolute Gasteiger partial charge is 0.492 e. The predicted molar refractivity (Wildman–Crippen MR) is 97.1 cm³/mol. The van der Waals surface area contributed by atoms with E-state index in [0.717, 1.165) is 31.9 Å². The molecule has 2 atom stereocenters. The van der Waals surface area contributed by atoms with Crippen LogP contribution in [0.15, 0.2) is 36.7 Å². The summed E-state index contributed by atoms with van der Waals surface area (Å²) in [7, 11) is 2.08. The topological polar surface area (TPSA) is 45.9 Å². The monoisotopic (exact) mass is 353 g/mol. The molecule has 0 amide bonds. The molecule has 1 unspecified atom stereocenters. The van der Waals surface area contributed by atoms with Gasteiger partial charge in [-0.3, -0.25) is 4.90 Å². The van der Waals surface area contributed by atoms with Gasteiger partial charge in [0.05, 0.1) is 6.20 Å². The van der Waals surface area contributed by atoms with Crippen molar-refractivity contribution in [2.24, 2.45) is 0 Å². The zero-order chi connectivity index (χ0) is 17.7. The molecule has 1 aromatic carbocycles. The van der Waals surface area contributed by atoms with Gasteiger partial charge in [0, 0.05) is 50.0 Å². The lowest BCUT2D eigenvalue weighted by atomic mass is 10.1. The van der Waals surface area contributed by atoms with E-state index >= 15 is 0 Å². The Bertz CT molecular complexity index is 972. The SMILES string of the molecule is CN1c2ccn3ncc(c3n2)-c2cc(ccc2F)OCCN2CC[C@@H]1C2. The molecule has 0 N–H and O–H groups in total. The van der Waals surface area contributed by atoms with Crippen LogP contribution in [0.4, 0.5) is 10.2 Å². The van der Waals surface area contributed by atoms with Crippen LogP contribution in [-0.2, 0) is 0 Å². The van der Waals surface area contributed by atoms with Crippen molar-refractivity contribution in [1.82, 2.24) is 19.5 Å². The van der Waals surface area contributed by atoms with Gasteiger partial charge in [0.1, 0.15) is 24.0 Å². The van der Waals surface area contributed by atoms with Gasteiger partial charge in [-0.1, -0.05) is 0 Å². The van der Waals surface area contributed by atoms with Gasteiger partial charge in [-0.2, -0.15) is 5.10 Å². The highest BCUT2D eigenvalue weighted by atomic mass is 19.1. The number of likely N-dealkylation sites (N-methyl/N-ethyl adjacent to an activating group) is 1. The lowest BCUT2D eigenvalue weighted by Crippen LogP contribution is -2.36. The molecule has 0 aliphatic carbocycles. The molecule has 0 spiro atoms. The molecule has 0 radical (unpaired) electrons. The van der Waals surface area contributed by atoms with Crippen LogP contribution < -0.4 is 9.64 Å². The summed E-state index contributed by atoms with van der Waals surface area (Å²) in [6, 6.07) is 7.24. The summed E-state index contributed by atoms with van der Waals surface area (Å²) in [4.78, 5) is 9.42. The minimum atomic E-state index is -0.302. The molecule has 1 fully saturated rings. The number of aromatic nitrogens is 3. The molecule has 0 saturated carbocycles. The lowest BCUT2D eigenvalue weighted by molar-refractivity contribution is 0.236. The minimum absolute atomic E-state index is 0.302. The molecule has 3 aromatic rings. The highest BCUT2D eigenvalue weighted by Gasteiger charge is 2.27. The van der Waals surface area contributed by atoms with Crippen LogP contribution in [0.1, 0.15) is 6.42 Å². The molecule has 26 heavy (non-hydrogen) atoms. The fourth-order valence-corrected chi connectivity index (χ4v) is 3.86. The highest BCUT2D eigenvalue weighted by molar-refractivity contribution is 5.79. The third-order valence-corrected chi connectivity index (χ3v) is 5.42. The number of hydrogen-bond acceptors (Lipinski definition) is 5. The Labute approximate surface area is 150 Å². The van der Waals surface area contributed by atoms with E-state index in [4.69, 9.17) is 9.72 Å². The number of anilines is 1. The van der Waals surface area contributed by atoms with E-state index in [0.29, 0.717) is 35.2 Å². The quantitative estimate of drug-likeness (QED) is 0.621. The van der Waals surface area contributed by atoms with Crippen molar-refractivity contribution < 1.29 is 9.13 Å². The van der Waals surface area contributed by atoms with E-state index < -0.39 is 0 Å². The number of nitrogens with zero attached hydrogens (tertiary/aromatic N) is 5. The molecule has 4 heterocycles. The molecule has 7 heteroatoms. The Morgan fingerprint density at radius 2 is 2.12 bits per heavy atom. The Kier molecular flexibility index (Phi) is 3.56. The zero-order valence-corrected chi connectivity index (χ0v) is 14.6. The molecular weight excluding hydrogens is 333 g/mol. The van der Waals surface area contributed by atoms with Crippen LogP contribution >= 0.6 is 0 Å². The summed E-state index contributed by atoms with van der Waals surface area (Å²) in [5.74, 6) is 1.25. The Morgan fingerprint density at radius 3 is 3.04 bits per heavy atom. The first-order valence-electron chi connectivity index (χ1n) is 8.91. The summed E-state index contributed by atoms with van der Waals surface area (Å²) in [5, 5.41) is 4.34. The van der Waals surface area contributed by atoms with Crippen molar-refractivity contribution in [3.05, 3.63) is 42.5 Å². The Balaban J connectivity index is 1.69. The van der Waals surface area contributed by atoms with Gasteiger partial charge in [0.25, 0.3) is 0 Å². The molecule has 2 aliphatic heterocycles.